The molecule has 0 aliphatic rings. The average molecular weight is 283 g/mol. The van der Waals surface area contributed by atoms with E-state index in [1.54, 1.807) is 0 Å². The van der Waals surface area contributed by atoms with Crippen molar-refractivity contribution in [1.82, 2.24) is 0 Å². The minimum absolute atomic E-state index is 0.725. The van der Waals surface area contributed by atoms with Crippen molar-refractivity contribution in [3.63, 3.8) is 0 Å². The standard InChI is InChI=1S/C7H14O6.C3H6O3/c1-3(9)5(11)7(13)6(12)4(10)2-8;1-2(4)3(5)6/h4-8,10-13H,2H2,1H3;2,4H,1H3,(H,5,6)/p-1/t4-,5+,6-,7-;2-/m10/s1. The van der Waals surface area contributed by atoms with E-state index >= 15 is 0 Å². The Morgan fingerprint density at radius 2 is 1.42 bits per heavy atom. The summed E-state index contributed by atoms with van der Waals surface area (Å²) >= 11 is 0. The summed E-state index contributed by atoms with van der Waals surface area (Å²) in [7, 11) is 0. The zero-order valence-electron chi connectivity index (χ0n) is 10.5. The van der Waals surface area contributed by atoms with Gasteiger partial charge in [-0.15, -0.1) is 0 Å². The van der Waals surface area contributed by atoms with Gasteiger partial charge in [0, 0.05) is 0 Å². The van der Waals surface area contributed by atoms with Gasteiger partial charge in [-0.25, -0.2) is 0 Å². The predicted octanol–water partition coefficient (Wildman–Crippen LogP) is -4.87. The summed E-state index contributed by atoms with van der Waals surface area (Å²) in [6.45, 7) is 1.41. The summed E-state index contributed by atoms with van der Waals surface area (Å²) in [5, 5.41) is 61.6. The SMILES string of the molecule is CC(=O)[C@H](O)[C@@H](O)[C@H](O)[C@H](O)CO.C[C@H](O)C(=O)[O-]. The number of carbonyl (C=O) groups excluding carboxylic acids is 2. The van der Waals surface area contributed by atoms with Gasteiger partial charge in [0.1, 0.15) is 24.4 Å². The molecule has 0 heterocycles. The zero-order valence-corrected chi connectivity index (χ0v) is 10.5. The Kier molecular flexibility index (Phi) is 10.4. The Labute approximate surface area is 109 Å². The van der Waals surface area contributed by atoms with Crippen LogP contribution in [0.3, 0.4) is 0 Å². The number of carboxylic acids is 1. The molecule has 0 rings (SSSR count). The molecule has 0 aromatic rings. The van der Waals surface area contributed by atoms with Crippen LogP contribution in [0.5, 0.6) is 0 Å². The van der Waals surface area contributed by atoms with Crippen molar-refractivity contribution in [2.45, 2.75) is 44.4 Å². The maximum absolute atomic E-state index is 10.5. The molecule has 19 heavy (non-hydrogen) atoms. The molecular weight excluding hydrogens is 264 g/mol. The van der Waals surface area contributed by atoms with E-state index in [0.29, 0.717) is 0 Å². The Morgan fingerprint density at radius 1 is 1.05 bits per heavy atom. The number of carbonyl (C=O) groups is 2. The van der Waals surface area contributed by atoms with Crippen LogP contribution in [-0.4, -0.2) is 79.5 Å². The Balaban J connectivity index is 0. The van der Waals surface area contributed by atoms with Crippen molar-refractivity contribution < 1.29 is 45.3 Å². The van der Waals surface area contributed by atoms with Crippen molar-refractivity contribution in [2.75, 3.05) is 6.61 Å². The molecule has 0 aromatic carbocycles. The minimum atomic E-state index is -1.79. The molecule has 0 saturated carbocycles. The third-order valence-electron chi connectivity index (χ3n) is 2.01. The fraction of sp³-hybridized carbons (Fsp3) is 0.800. The summed E-state index contributed by atoms with van der Waals surface area (Å²) in [5.74, 6) is -2.16. The first-order valence-corrected chi connectivity index (χ1v) is 5.28. The molecule has 0 aliphatic heterocycles. The minimum Gasteiger partial charge on any atom is -0.547 e. The molecule has 0 aliphatic carbocycles. The van der Waals surface area contributed by atoms with Gasteiger partial charge in [-0.1, -0.05) is 0 Å². The molecule has 9 nitrogen and oxygen atoms in total. The van der Waals surface area contributed by atoms with Crippen LogP contribution in [0.15, 0.2) is 0 Å². The highest BCUT2D eigenvalue weighted by Crippen LogP contribution is 2.05. The lowest BCUT2D eigenvalue weighted by Gasteiger charge is -2.23. The number of aliphatic hydroxyl groups excluding tert-OH is 6. The van der Waals surface area contributed by atoms with E-state index in [1.807, 2.05) is 0 Å². The molecule has 5 atom stereocenters. The summed E-state index contributed by atoms with van der Waals surface area (Å²) in [4.78, 5) is 19.9. The molecule has 0 amide bonds. The maximum atomic E-state index is 10.5. The molecule has 0 aromatic heterocycles. The first kappa shape index (κ1) is 20.2. The van der Waals surface area contributed by atoms with E-state index in [4.69, 9.17) is 30.6 Å². The largest absolute Gasteiger partial charge is 0.547 e. The van der Waals surface area contributed by atoms with Crippen LogP contribution in [0.25, 0.3) is 0 Å². The van der Waals surface area contributed by atoms with E-state index < -0.39 is 48.9 Å². The zero-order chi connectivity index (χ0) is 15.7. The van der Waals surface area contributed by atoms with Crippen molar-refractivity contribution in [2.24, 2.45) is 0 Å². The lowest BCUT2D eigenvalue weighted by atomic mass is 10.0. The lowest BCUT2D eigenvalue weighted by Crippen LogP contribution is -2.48. The monoisotopic (exact) mass is 283 g/mol. The van der Waals surface area contributed by atoms with Crippen LogP contribution in [0.2, 0.25) is 0 Å². The second-order valence-electron chi connectivity index (χ2n) is 3.78. The van der Waals surface area contributed by atoms with Gasteiger partial charge in [-0.05, 0) is 13.8 Å². The Bertz CT molecular complexity index is 278. The van der Waals surface area contributed by atoms with Gasteiger partial charge in [0.25, 0.3) is 0 Å². The first-order chi connectivity index (χ1) is 8.56. The smallest absolute Gasteiger partial charge is 0.160 e. The summed E-state index contributed by atoms with van der Waals surface area (Å²) < 4.78 is 0. The molecule has 0 fully saturated rings. The van der Waals surface area contributed by atoms with Crippen LogP contribution in [0.4, 0.5) is 0 Å². The normalized spacial score (nSPS) is 18.3. The molecular formula is C10H19O9-. The molecule has 0 spiro atoms. The van der Waals surface area contributed by atoms with E-state index in [2.05, 4.69) is 0 Å². The lowest BCUT2D eigenvalue weighted by molar-refractivity contribution is -0.314. The second-order valence-corrected chi connectivity index (χ2v) is 3.78. The third kappa shape index (κ3) is 8.59. The van der Waals surface area contributed by atoms with Crippen LogP contribution >= 0.6 is 0 Å². The van der Waals surface area contributed by atoms with Crippen LogP contribution in [-0.2, 0) is 9.59 Å². The van der Waals surface area contributed by atoms with E-state index in [0.717, 1.165) is 13.8 Å². The van der Waals surface area contributed by atoms with Crippen LogP contribution < -0.4 is 5.11 Å². The second kappa shape index (κ2) is 9.78. The van der Waals surface area contributed by atoms with Crippen LogP contribution in [0, 0.1) is 0 Å². The highest BCUT2D eigenvalue weighted by atomic mass is 16.4. The van der Waals surface area contributed by atoms with Gasteiger partial charge >= 0.3 is 0 Å². The van der Waals surface area contributed by atoms with Crippen molar-refractivity contribution in [3.8, 4) is 0 Å². The molecule has 0 radical (unpaired) electrons. The average Bonchev–Trinajstić information content (AvgIpc) is 2.35. The molecule has 0 saturated heterocycles. The van der Waals surface area contributed by atoms with Crippen molar-refractivity contribution in [1.29, 1.82) is 0 Å². The number of aliphatic carboxylic acids is 1. The summed E-state index contributed by atoms with van der Waals surface area (Å²) in [6, 6.07) is 0. The third-order valence-corrected chi connectivity index (χ3v) is 2.01. The number of rotatable bonds is 6. The van der Waals surface area contributed by atoms with Crippen LogP contribution in [0.1, 0.15) is 13.8 Å². The first-order valence-electron chi connectivity index (χ1n) is 5.28. The van der Waals surface area contributed by atoms with Gasteiger partial charge < -0.3 is 40.5 Å². The molecule has 114 valence electrons. The van der Waals surface area contributed by atoms with Gasteiger partial charge in [-0.3, -0.25) is 4.79 Å². The predicted molar refractivity (Wildman–Crippen MR) is 58.5 cm³/mol. The number of carboxylic acid groups (broad SMARTS) is 1. The fourth-order valence-electron chi connectivity index (χ4n) is 0.763. The quantitative estimate of drug-likeness (QED) is 0.278. The molecule has 9 heteroatoms. The fourth-order valence-corrected chi connectivity index (χ4v) is 0.763. The summed E-state index contributed by atoms with van der Waals surface area (Å²) in [6.07, 6.45) is -8.21. The van der Waals surface area contributed by atoms with E-state index in [1.165, 1.54) is 0 Å². The number of ketones is 1. The Morgan fingerprint density at radius 3 is 1.63 bits per heavy atom. The van der Waals surface area contributed by atoms with Crippen molar-refractivity contribution >= 4 is 11.8 Å². The maximum Gasteiger partial charge on any atom is 0.160 e. The van der Waals surface area contributed by atoms with E-state index in [9.17, 15) is 14.7 Å². The number of hydrogen-bond donors (Lipinski definition) is 6. The summed E-state index contributed by atoms with van der Waals surface area (Å²) in [5.41, 5.74) is 0. The van der Waals surface area contributed by atoms with Gasteiger partial charge in [0.2, 0.25) is 0 Å². The van der Waals surface area contributed by atoms with Gasteiger partial charge in [-0.2, -0.15) is 0 Å². The van der Waals surface area contributed by atoms with Crippen molar-refractivity contribution in [3.05, 3.63) is 0 Å². The highest BCUT2D eigenvalue weighted by molar-refractivity contribution is 5.80. The topological polar surface area (TPSA) is 179 Å². The van der Waals surface area contributed by atoms with Gasteiger partial charge in [0.05, 0.1) is 18.7 Å². The number of aliphatic hydroxyl groups is 6. The molecule has 0 bridgehead atoms. The molecule has 6 N–H and O–H groups in total. The Hall–Kier alpha value is -1.10. The van der Waals surface area contributed by atoms with Gasteiger partial charge in [0.15, 0.2) is 5.78 Å². The number of Topliss-reactive ketones (excluding diaryl/α,β-unsaturated/α-hetero) is 1. The molecule has 0 unspecified atom stereocenters. The highest BCUT2D eigenvalue weighted by Gasteiger charge is 2.32. The van der Waals surface area contributed by atoms with E-state index in [-0.39, 0.29) is 0 Å². The number of hydrogen-bond acceptors (Lipinski definition) is 9.